The Morgan fingerprint density at radius 1 is 1.00 bits per heavy atom. The minimum absolute atomic E-state index is 0.178. The molecule has 31 heavy (non-hydrogen) atoms. The van der Waals surface area contributed by atoms with E-state index in [1.54, 1.807) is 60.8 Å². The number of thiophene rings is 1. The van der Waals surface area contributed by atoms with Crippen molar-refractivity contribution in [1.82, 2.24) is 0 Å². The van der Waals surface area contributed by atoms with E-state index in [0.717, 1.165) is 14.9 Å². The Morgan fingerprint density at radius 2 is 1.71 bits per heavy atom. The Bertz CT molecular complexity index is 1110. The summed E-state index contributed by atoms with van der Waals surface area (Å²) in [5.41, 5.74) is 1.75. The van der Waals surface area contributed by atoms with Crippen LogP contribution in [0, 0.1) is 3.57 Å². The SMILES string of the molecule is CCOC(=O)c1c(-c2ccccc2Cl)csc1NC(=O)COC(=O)c1ccc(I)cc1. The van der Waals surface area contributed by atoms with Crippen molar-refractivity contribution in [3.63, 3.8) is 0 Å². The summed E-state index contributed by atoms with van der Waals surface area (Å²) in [6.07, 6.45) is 0. The van der Waals surface area contributed by atoms with Gasteiger partial charge in [-0.15, -0.1) is 11.3 Å². The maximum absolute atomic E-state index is 12.6. The van der Waals surface area contributed by atoms with E-state index in [4.69, 9.17) is 21.1 Å². The van der Waals surface area contributed by atoms with Crippen molar-refractivity contribution >= 4 is 68.4 Å². The molecule has 0 spiro atoms. The first-order valence-electron chi connectivity index (χ1n) is 9.16. The lowest BCUT2D eigenvalue weighted by Crippen LogP contribution is -2.21. The zero-order valence-electron chi connectivity index (χ0n) is 16.3. The Balaban J connectivity index is 1.76. The van der Waals surface area contributed by atoms with Crippen molar-refractivity contribution in [1.29, 1.82) is 0 Å². The van der Waals surface area contributed by atoms with Crippen molar-refractivity contribution in [3.05, 3.63) is 73.6 Å². The summed E-state index contributed by atoms with van der Waals surface area (Å²) in [6.45, 7) is 1.38. The van der Waals surface area contributed by atoms with Crippen molar-refractivity contribution in [3.8, 4) is 11.1 Å². The Hall–Kier alpha value is -2.43. The second-order valence-electron chi connectivity index (χ2n) is 6.19. The molecule has 0 aliphatic rings. The van der Waals surface area contributed by atoms with E-state index in [-0.39, 0.29) is 12.2 Å². The van der Waals surface area contributed by atoms with E-state index in [0.29, 0.717) is 26.7 Å². The summed E-state index contributed by atoms with van der Waals surface area (Å²) in [5.74, 6) is -1.76. The summed E-state index contributed by atoms with van der Waals surface area (Å²) in [7, 11) is 0. The summed E-state index contributed by atoms with van der Waals surface area (Å²) in [6, 6.07) is 13.9. The van der Waals surface area contributed by atoms with Gasteiger partial charge in [-0.1, -0.05) is 29.8 Å². The van der Waals surface area contributed by atoms with E-state index in [9.17, 15) is 14.4 Å². The summed E-state index contributed by atoms with van der Waals surface area (Å²) < 4.78 is 11.2. The van der Waals surface area contributed by atoms with Crippen LogP contribution in [0.4, 0.5) is 5.00 Å². The first kappa shape index (κ1) is 23.2. The lowest BCUT2D eigenvalue weighted by atomic mass is 10.0. The van der Waals surface area contributed by atoms with Crippen LogP contribution in [-0.2, 0) is 14.3 Å². The highest BCUT2D eigenvalue weighted by Crippen LogP contribution is 2.39. The van der Waals surface area contributed by atoms with Crippen LogP contribution in [0.2, 0.25) is 5.02 Å². The highest BCUT2D eigenvalue weighted by molar-refractivity contribution is 14.1. The molecule has 3 rings (SSSR count). The zero-order chi connectivity index (χ0) is 22.4. The number of ether oxygens (including phenoxy) is 2. The van der Waals surface area contributed by atoms with E-state index in [2.05, 4.69) is 27.9 Å². The maximum atomic E-state index is 12.6. The predicted molar refractivity (Wildman–Crippen MR) is 129 cm³/mol. The van der Waals surface area contributed by atoms with Gasteiger partial charge >= 0.3 is 11.9 Å². The van der Waals surface area contributed by atoms with Crippen molar-refractivity contribution < 1.29 is 23.9 Å². The van der Waals surface area contributed by atoms with Crippen LogP contribution in [0.3, 0.4) is 0 Å². The van der Waals surface area contributed by atoms with Crippen LogP contribution in [0.15, 0.2) is 53.9 Å². The molecule has 0 aliphatic carbocycles. The number of amides is 1. The molecule has 1 heterocycles. The van der Waals surface area contributed by atoms with Crippen LogP contribution in [0.25, 0.3) is 11.1 Å². The molecule has 0 radical (unpaired) electrons. The normalized spacial score (nSPS) is 10.4. The van der Waals surface area contributed by atoms with Crippen LogP contribution in [0.5, 0.6) is 0 Å². The fraction of sp³-hybridized carbons (Fsp3) is 0.136. The molecular formula is C22H17ClINO5S. The van der Waals surface area contributed by atoms with Gasteiger partial charge in [0, 0.05) is 25.1 Å². The van der Waals surface area contributed by atoms with Gasteiger partial charge in [0.25, 0.3) is 5.91 Å². The van der Waals surface area contributed by atoms with Gasteiger partial charge in [-0.25, -0.2) is 9.59 Å². The fourth-order valence-corrected chi connectivity index (χ4v) is 4.26. The van der Waals surface area contributed by atoms with Gasteiger partial charge in [0.15, 0.2) is 6.61 Å². The van der Waals surface area contributed by atoms with E-state index >= 15 is 0 Å². The zero-order valence-corrected chi connectivity index (χ0v) is 20.0. The molecule has 1 aromatic heterocycles. The van der Waals surface area contributed by atoms with Gasteiger partial charge in [0.2, 0.25) is 0 Å². The van der Waals surface area contributed by atoms with E-state index in [1.165, 1.54) is 0 Å². The third kappa shape index (κ3) is 5.84. The van der Waals surface area contributed by atoms with Crippen molar-refractivity contribution in [2.24, 2.45) is 0 Å². The molecule has 0 unspecified atom stereocenters. The molecule has 0 fully saturated rings. The van der Waals surface area contributed by atoms with Crippen molar-refractivity contribution in [2.45, 2.75) is 6.92 Å². The molecule has 1 amide bonds. The van der Waals surface area contributed by atoms with Gasteiger partial charge in [0.1, 0.15) is 10.6 Å². The minimum atomic E-state index is -0.611. The highest BCUT2D eigenvalue weighted by atomic mass is 127. The van der Waals surface area contributed by atoms with Gasteiger partial charge in [-0.3, -0.25) is 4.79 Å². The smallest absolute Gasteiger partial charge is 0.341 e. The molecule has 0 saturated heterocycles. The molecule has 0 bridgehead atoms. The molecule has 2 aromatic carbocycles. The van der Waals surface area contributed by atoms with Gasteiger partial charge in [-0.05, 0) is 59.8 Å². The number of halogens is 2. The molecule has 1 N–H and O–H groups in total. The third-order valence-electron chi connectivity index (χ3n) is 4.10. The summed E-state index contributed by atoms with van der Waals surface area (Å²) in [4.78, 5) is 37.1. The third-order valence-corrected chi connectivity index (χ3v) is 6.05. The van der Waals surface area contributed by atoms with Crippen LogP contribution < -0.4 is 5.32 Å². The fourth-order valence-electron chi connectivity index (χ4n) is 2.70. The average Bonchev–Trinajstić information content (AvgIpc) is 3.16. The van der Waals surface area contributed by atoms with Crippen LogP contribution in [-0.4, -0.2) is 31.1 Å². The van der Waals surface area contributed by atoms with Gasteiger partial charge < -0.3 is 14.8 Å². The maximum Gasteiger partial charge on any atom is 0.341 e. The number of rotatable bonds is 7. The Morgan fingerprint density at radius 3 is 2.39 bits per heavy atom. The molecule has 0 aliphatic heterocycles. The first-order chi connectivity index (χ1) is 14.9. The monoisotopic (exact) mass is 569 g/mol. The number of esters is 2. The lowest BCUT2D eigenvalue weighted by molar-refractivity contribution is -0.119. The Kier molecular flexibility index (Phi) is 8.05. The molecule has 160 valence electrons. The number of nitrogens with one attached hydrogen (secondary N) is 1. The molecule has 6 nitrogen and oxygen atoms in total. The molecular weight excluding hydrogens is 553 g/mol. The number of hydrogen-bond acceptors (Lipinski definition) is 6. The second kappa shape index (κ2) is 10.7. The lowest BCUT2D eigenvalue weighted by Gasteiger charge is -2.10. The molecule has 3 aromatic rings. The number of benzene rings is 2. The highest BCUT2D eigenvalue weighted by Gasteiger charge is 2.24. The standard InChI is InChI=1S/C22H17ClINO5S/c1-2-29-22(28)19-16(15-5-3-4-6-17(15)23)12-31-20(19)25-18(26)11-30-21(27)13-7-9-14(24)10-8-13/h3-10,12H,2,11H2,1H3,(H,25,26). The van der Waals surface area contributed by atoms with Crippen LogP contribution in [0.1, 0.15) is 27.6 Å². The molecule has 9 heteroatoms. The largest absolute Gasteiger partial charge is 0.462 e. The average molecular weight is 570 g/mol. The van der Waals surface area contributed by atoms with Gasteiger partial charge in [-0.2, -0.15) is 0 Å². The molecule has 0 atom stereocenters. The Labute approximate surface area is 201 Å². The van der Waals surface area contributed by atoms with Gasteiger partial charge in [0.05, 0.1) is 12.2 Å². The predicted octanol–water partition coefficient (Wildman–Crippen LogP) is 5.65. The quantitative estimate of drug-likeness (QED) is 0.294. The second-order valence-corrected chi connectivity index (χ2v) is 8.72. The summed E-state index contributed by atoms with van der Waals surface area (Å²) in [5, 5.41) is 5.12. The van der Waals surface area contributed by atoms with Crippen LogP contribution >= 0.6 is 45.5 Å². The number of carbonyl (C=O) groups is 3. The molecule has 0 saturated carbocycles. The van der Waals surface area contributed by atoms with E-state index < -0.39 is 24.5 Å². The first-order valence-corrected chi connectivity index (χ1v) is 11.5. The minimum Gasteiger partial charge on any atom is -0.462 e. The number of hydrogen-bond donors (Lipinski definition) is 1. The van der Waals surface area contributed by atoms with E-state index in [1.807, 2.05) is 0 Å². The topological polar surface area (TPSA) is 81.7 Å². The number of carbonyl (C=O) groups excluding carboxylic acids is 3. The number of anilines is 1. The summed E-state index contributed by atoms with van der Waals surface area (Å²) >= 11 is 9.57. The van der Waals surface area contributed by atoms with Crippen molar-refractivity contribution in [2.75, 3.05) is 18.5 Å².